The van der Waals surface area contributed by atoms with Gasteiger partial charge < -0.3 is 29.3 Å². The number of aryl methyl sites for hydroxylation is 1. The van der Waals surface area contributed by atoms with Gasteiger partial charge in [-0.1, -0.05) is 16.4 Å². The molecule has 1 aliphatic carbocycles. The van der Waals surface area contributed by atoms with Crippen molar-refractivity contribution in [3.63, 3.8) is 0 Å². The van der Waals surface area contributed by atoms with Crippen LogP contribution in [0.5, 0.6) is 0 Å². The Kier molecular flexibility index (Phi) is 8.56. The number of esters is 1. The van der Waals surface area contributed by atoms with E-state index in [-0.39, 0.29) is 55.3 Å². The average molecular weight is 601 g/mol. The first-order chi connectivity index (χ1) is 20.0. The number of benzene rings is 1. The normalized spacial score (nSPS) is 28.4. The SMILES string of the molecule is COC(=O)CO[C@@H]1[C@@H](n2cc(-c3ccc(C)c(F)c3F)nn2)[C@@H](O)[C@@H](CO)O[C@@H]1CC1=NOC2(CCC(F)(F)CC2)C1. The van der Waals surface area contributed by atoms with Crippen molar-refractivity contribution in [3.8, 4) is 11.3 Å². The van der Waals surface area contributed by atoms with Crippen molar-refractivity contribution < 1.29 is 51.6 Å². The Morgan fingerprint density at radius 2 is 1.90 bits per heavy atom. The molecule has 0 unspecified atom stereocenters. The average Bonchev–Trinajstić information content (AvgIpc) is 3.61. The van der Waals surface area contributed by atoms with Gasteiger partial charge in [-0.2, -0.15) is 0 Å². The third-order valence-corrected chi connectivity index (χ3v) is 8.18. The van der Waals surface area contributed by atoms with Gasteiger partial charge in [0.15, 0.2) is 11.6 Å². The number of alkyl halides is 2. The Hall–Kier alpha value is -3.14. The smallest absolute Gasteiger partial charge is 0.331 e. The first-order valence-corrected chi connectivity index (χ1v) is 13.6. The minimum absolute atomic E-state index is 0.0291. The number of aromatic nitrogens is 3. The molecule has 5 rings (SSSR count). The van der Waals surface area contributed by atoms with Crippen molar-refractivity contribution in [2.75, 3.05) is 20.3 Å². The van der Waals surface area contributed by atoms with Crippen LogP contribution < -0.4 is 0 Å². The van der Waals surface area contributed by atoms with Crippen molar-refractivity contribution in [2.45, 2.75) is 87.4 Å². The molecule has 42 heavy (non-hydrogen) atoms. The predicted molar refractivity (Wildman–Crippen MR) is 137 cm³/mol. The monoisotopic (exact) mass is 600 g/mol. The summed E-state index contributed by atoms with van der Waals surface area (Å²) in [4.78, 5) is 17.6. The minimum Gasteiger partial charge on any atom is -0.467 e. The molecular weight excluding hydrogens is 568 g/mol. The van der Waals surface area contributed by atoms with E-state index >= 15 is 0 Å². The maximum absolute atomic E-state index is 14.7. The van der Waals surface area contributed by atoms with E-state index in [1.165, 1.54) is 37.0 Å². The van der Waals surface area contributed by atoms with E-state index in [4.69, 9.17) is 14.3 Å². The minimum atomic E-state index is -2.75. The summed E-state index contributed by atoms with van der Waals surface area (Å²) in [6, 6.07) is 1.62. The van der Waals surface area contributed by atoms with Crippen LogP contribution in [0.15, 0.2) is 23.5 Å². The Morgan fingerprint density at radius 3 is 2.60 bits per heavy atom. The molecule has 1 aromatic heterocycles. The fourth-order valence-electron chi connectivity index (χ4n) is 5.74. The quantitative estimate of drug-likeness (QED) is 0.346. The lowest BCUT2D eigenvalue weighted by Gasteiger charge is -2.44. The zero-order chi connectivity index (χ0) is 30.2. The highest BCUT2D eigenvalue weighted by atomic mass is 19.3. The standard InChI is InChI=1S/C27H32F4N4O7/c1-14-3-4-16(22(29)21(14)28)17-11-35(34-32-17)23-24(38)19(12-36)41-18(25(23)40-13-20(37)39-2)9-15-10-26(42-33-15)5-7-27(30,31)8-6-26/h3-4,11,18-19,23-25,36,38H,5-10,12-13H2,1-2H3/t18-,19-,23+,24+,25+/m1/s1. The number of aliphatic hydroxyl groups excluding tert-OH is 2. The molecule has 2 N–H and O–H groups in total. The molecule has 0 bridgehead atoms. The molecule has 1 saturated carbocycles. The second-order valence-electron chi connectivity index (χ2n) is 11.0. The van der Waals surface area contributed by atoms with Crippen LogP contribution in [0.4, 0.5) is 17.6 Å². The van der Waals surface area contributed by atoms with Gasteiger partial charge in [0, 0.05) is 31.2 Å². The van der Waals surface area contributed by atoms with Crippen molar-refractivity contribution in [1.29, 1.82) is 0 Å². The van der Waals surface area contributed by atoms with Crippen LogP contribution in [0, 0.1) is 18.6 Å². The van der Waals surface area contributed by atoms with Crippen LogP contribution in [0.3, 0.4) is 0 Å². The molecule has 5 atom stereocenters. The number of methoxy groups -OCH3 is 1. The van der Waals surface area contributed by atoms with E-state index in [0.717, 1.165) is 0 Å². The molecule has 3 aliphatic rings. The van der Waals surface area contributed by atoms with Crippen LogP contribution in [0.2, 0.25) is 0 Å². The van der Waals surface area contributed by atoms with Crippen LogP contribution in [-0.2, 0) is 23.8 Å². The van der Waals surface area contributed by atoms with Crippen LogP contribution in [0.1, 0.15) is 50.1 Å². The summed E-state index contributed by atoms with van der Waals surface area (Å²) in [5.74, 6) is -5.62. The van der Waals surface area contributed by atoms with Gasteiger partial charge in [-0.25, -0.2) is 27.0 Å². The van der Waals surface area contributed by atoms with E-state index in [9.17, 15) is 32.6 Å². The summed E-state index contributed by atoms with van der Waals surface area (Å²) in [7, 11) is 1.17. The summed E-state index contributed by atoms with van der Waals surface area (Å²) in [5.41, 5.74) is -0.430. The van der Waals surface area contributed by atoms with E-state index < -0.39 is 72.8 Å². The number of ether oxygens (including phenoxy) is 3. The van der Waals surface area contributed by atoms with E-state index in [1.54, 1.807) is 0 Å². The summed E-state index contributed by atoms with van der Waals surface area (Å²) in [6.07, 6.45) is -3.36. The predicted octanol–water partition coefficient (Wildman–Crippen LogP) is 2.87. The molecule has 2 fully saturated rings. The largest absolute Gasteiger partial charge is 0.467 e. The highest BCUT2D eigenvalue weighted by Gasteiger charge is 2.51. The van der Waals surface area contributed by atoms with Gasteiger partial charge in [-0.15, -0.1) is 5.10 Å². The maximum Gasteiger partial charge on any atom is 0.331 e. The number of halogens is 4. The van der Waals surface area contributed by atoms with E-state index in [2.05, 4.69) is 20.2 Å². The summed E-state index contributed by atoms with van der Waals surface area (Å²) in [6.45, 7) is 0.287. The van der Waals surface area contributed by atoms with Crippen LogP contribution in [0.25, 0.3) is 11.3 Å². The number of hydrogen-bond acceptors (Lipinski definition) is 10. The first kappa shape index (κ1) is 30.3. The number of carbonyl (C=O) groups is 1. The molecule has 1 aromatic carbocycles. The Balaban J connectivity index is 1.42. The van der Waals surface area contributed by atoms with Crippen molar-refractivity contribution in [3.05, 3.63) is 35.5 Å². The number of nitrogens with zero attached hydrogens (tertiary/aromatic N) is 4. The topological polar surface area (TPSA) is 138 Å². The molecular formula is C27H32F4N4O7. The maximum atomic E-state index is 14.7. The van der Waals surface area contributed by atoms with Gasteiger partial charge in [-0.05, 0) is 31.4 Å². The number of hydrogen-bond donors (Lipinski definition) is 2. The summed E-state index contributed by atoms with van der Waals surface area (Å²) < 4.78 is 74.2. The Labute approximate surface area is 238 Å². The third kappa shape index (κ3) is 6.00. The Bertz CT molecular complexity index is 1330. The highest BCUT2D eigenvalue weighted by molar-refractivity contribution is 5.86. The first-order valence-electron chi connectivity index (χ1n) is 13.6. The molecule has 230 valence electrons. The zero-order valence-corrected chi connectivity index (χ0v) is 23.0. The van der Waals surface area contributed by atoms with E-state index in [1.807, 2.05) is 0 Å². The number of carbonyl (C=O) groups excluding carboxylic acids is 1. The summed E-state index contributed by atoms with van der Waals surface area (Å²) >= 11 is 0. The van der Waals surface area contributed by atoms with Gasteiger partial charge in [0.25, 0.3) is 0 Å². The number of rotatable bonds is 8. The van der Waals surface area contributed by atoms with Gasteiger partial charge >= 0.3 is 5.97 Å². The molecule has 11 nitrogen and oxygen atoms in total. The molecule has 1 saturated heterocycles. The number of oxime groups is 1. The zero-order valence-electron chi connectivity index (χ0n) is 23.0. The highest BCUT2D eigenvalue weighted by Crippen LogP contribution is 2.45. The molecule has 0 radical (unpaired) electrons. The fourth-order valence-corrected chi connectivity index (χ4v) is 5.74. The van der Waals surface area contributed by atoms with E-state index in [0.29, 0.717) is 5.71 Å². The second kappa shape index (κ2) is 11.9. The van der Waals surface area contributed by atoms with Gasteiger partial charge in [-0.3, -0.25) is 0 Å². The fraction of sp³-hybridized carbons (Fsp3) is 0.630. The Morgan fingerprint density at radius 1 is 1.17 bits per heavy atom. The van der Waals surface area contributed by atoms with Gasteiger partial charge in [0.05, 0.1) is 31.7 Å². The molecule has 3 heterocycles. The molecule has 1 spiro atoms. The lowest BCUT2D eigenvalue weighted by atomic mass is 9.79. The van der Waals surface area contributed by atoms with Crippen molar-refractivity contribution in [1.82, 2.24) is 15.0 Å². The second-order valence-corrected chi connectivity index (χ2v) is 11.0. The summed E-state index contributed by atoms with van der Waals surface area (Å²) in [5, 5.41) is 33.3. The molecule has 2 aromatic rings. The van der Waals surface area contributed by atoms with Crippen molar-refractivity contribution in [2.24, 2.45) is 5.16 Å². The molecule has 2 aliphatic heterocycles. The molecule has 15 heteroatoms. The van der Waals surface area contributed by atoms with Gasteiger partial charge in [0.2, 0.25) is 5.92 Å². The lowest BCUT2D eigenvalue weighted by molar-refractivity contribution is -0.218. The van der Waals surface area contributed by atoms with Crippen LogP contribution in [-0.4, -0.2) is 93.2 Å². The number of aliphatic hydroxyl groups is 2. The van der Waals surface area contributed by atoms with Gasteiger partial charge in [0.1, 0.15) is 42.3 Å². The van der Waals surface area contributed by atoms with Crippen LogP contribution >= 0.6 is 0 Å². The third-order valence-electron chi connectivity index (χ3n) is 8.18. The molecule has 0 amide bonds. The lowest BCUT2D eigenvalue weighted by Crippen LogP contribution is -2.57. The van der Waals surface area contributed by atoms with Crippen molar-refractivity contribution >= 4 is 11.7 Å².